The Hall–Kier alpha value is -0.620. The first-order valence-electron chi connectivity index (χ1n) is 4.38. The molecule has 2 atom stereocenters. The molecule has 2 unspecified atom stereocenters. The van der Waals surface area contributed by atoms with Gasteiger partial charge in [-0.15, -0.1) is 0 Å². The molecule has 0 spiro atoms. The first kappa shape index (κ1) is 11.5. The first-order valence-corrected chi connectivity index (χ1v) is 6.44. The lowest BCUT2D eigenvalue weighted by Gasteiger charge is -2.16. The van der Waals surface area contributed by atoms with E-state index in [-0.39, 0.29) is 11.7 Å². The average Bonchev–Trinajstić information content (AvgIpc) is 2.49. The smallest absolute Gasteiger partial charge is 0.307 e. The maximum atomic E-state index is 11.0. The number of hydrogen-bond donors (Lipinski definition) is 1. The summed E-state index contributed by atoms with van der Waals surface area (Å²) in [5.74, 6) is -2.34. The lowest BCUT2D eigenvalue weighted by Crippen LogP contribution is -2.30. The predicted molar refractivity (Wildman–Crippen MR) is 49.8 cm³/mol. The molecule has 0 aromatic carbocycles. The molecule has 5 nitrogen and oxygen atoms in total. The van der Waals surface area contributed by atoms with Crippen LogP contribution in [-0.2, 0) is 19.4 Å². The number of sulfone groups is 1. The van der Waals surface area contributed by atoms with Crippen LogP contribution in [0.1, 0.15) is 6.42 Å². The summed E-state index contributed by atoms with van der Waals surface area (Å²) in [5, 5.41) is 8.88. The molecule has 1 rings (SSSR count). The van der Waals surface area contributed by atoms with Gasteiger partial charge in [-0.25, -0.2) is 8.42 Å². The van der Waals surface area contributed by atoms with Crippen molar-refractivity contribution >= 4 is 15.8 Å². The molecular weight excluding hydrogens is 208 g/mol. The van der Waals surface area contributed by atoms with E-state index in [1.165, 1.54) is 0 Å². The van der Waals surface area contributed by atoms with Gasteiger partial charge in [0, 0.05) is 12.9 Å². The Morgan fingerprint density at radius 2 is 2.29 bits per heavy atom. The summed E-state index contributed by atoms with van der Waals surface area (Å²) >= 11 is 0. The number of aliphatic carboxylic acids is 1. The second-order valence-corrected chi connectivity index (χ2v) is 5.85. The molecule has 0 aliphatic carbocycles. The summed E-state index contributed by atoms with van der Waals surface area (Å²) in [5.41, 5.74) is 0. The van der Waals surface area contributed by atoms with Crippen molar-refractivity contribution in [3.8, 4) is 0 Å². The molecule has 0 amide bonds. The molecule has 0 saturated carbocycles. The van der Waals surface area contributed by atoms with Crippen LogP contribution < -0.4 is 0 Å². The highest BCUT2D eigenvalue weighted by Gasteiger charge is 2.33. The Balaban J connectivity index is 2.69. The number of carboxylic acids is 1. The van der Waals surface area contributed by atoms with Gasteiger partial charge in [0.25, 0.3) is 0 Å². The van der Waals surface area contributed by atoms with Gasteiger partial charge in [-0.2, -0.15) is 0 Å². The molecule has 0 aromatic heterocycles. The van der Waals surface area contributed by atoms with Crippen LogP contribution in [-0.4, -0.2) is 44.7 Å². The van der Waals surface area contributed by atoms with Crippen molar-refractivity contribution in [1.29, 1.82) is 0 Å². The van der Waals surface area contributed by atoms with Crippen molar-refractivity contribution in [2.24, 2.45) is 11.8 Å². The lowest BCUT2D eigenvalue weighted by molar-refractivity contribution is -0.142. The van der Waals surface area contributed by atoms with Crippen LogP contribution in [0.2, 0.25) is 0 Å². The van der Waals surface area contributed by atoms with Gasteiger partial charge in [-0.05, 0) is 12.3 Å². The van der Waals surface area contributed by atoms with Crippen molar-refractivity contribution < 1.29 is 23.1 Å². The molecule has 1 aliphatic heterocycles. The standard InChI is InChI=1S/C8H14O5S/c1-14(11,12)5-7(8(9)10)6-2-3-13-4-6/h6-7H,2-5H2,1H3,(H,9,10). The van der Waals surface area contributed by atoms with E-state index in [4.69, 9.17) is 9.84 Å². The van der Waals surface area contributed by atoms with Gasteiger partial charge < -0.3 is 9.84 Å². The highest BCUT2D eigenvalue weighted by molar-refractivity contribution is 7.90. The van der Waals surface area contributed by atoms with Crippen molar-refractivity contribution in [1.82, 2.24) is 0 Å². The van der Waals surface area contributed by atoms with E-state index < -0.39 is 21.7 Å². The third-order valence-electron chi connectivity index (χ3n) is 2.33. The van der Waals surface area contributed by atoms with Gasteiger partial charge in [-0.1, -0.05) is 0 Å². The van der Waals surface area contributed by atoms with Crippen LogP contribution in [0, 0.1) is 11.8 Å². The van der Waals surface area contributed by atoms with Crippen LogP contribution >= 0.6 is 0 Å². The maximum absolute atomic E-state index is 11.0. The summed E-state index contributed by atoms with van der Waals surface area (Å²) < 4.78 is 27.0. The molecule has 0 aromatic rings. The number of carboxylic acid groups (broad SMARTS) is 1. The summed E-state index contributed by atoms with van der Waals surface area (Å²) in [7, 11) is -3.24. The topological polar surface area (TPSA) is 80.7 Å². The summed E-state index contributed by atoms with van der Waals surface area (Å²) in [4.78, 5) is 10.8. The normalized spacial score (nSPS) is 24.8. The SMILES string of the molecule is CS(=O)(=O)CC(C(=O)O)C1CCOC1. The largest absolute Gasteiger partial charge is 0.481 e. The molecular formula is C8H14O5S. The van der Waals surface area contributed by atoms with E-state index in [9.17, 15) is 13.2 Å². The second-order valence-electron chi connectivity index (χ2n) is 3.66. The molecule has 1 aliphatic rings. The fourth-order valence-corrected chi connectivity index (χ4v) is 2.67. The molecule has 14 heavy (non-hydrogen) atoms. The van der Waals surface area contributed by atoms with Crippen LogP contribution in [0.4, 0.5) is 0 Å². The molecule has 82 valence electrons. The molecule has 1 N–H and O–H groups in total. The van der Waals surface area contributed by atoms with E-state index in [0.717, 1.165) is 6.26 Å². The minimum absolute atomic E-state index is 0.165. The van der Waals surface area contributed by atoms with E-state index in [1.807, 2.05) is 0 Å². The van der Waals surface area contributed by atoms with Gasteiger partial charge in [0.15, 0.2) is 0 Å². The van der Waals surface area contributed by atoms with Crippen molar-refractivity contribution in [2.45, 2.75) is 6.42 Å². The molecule has 0 radical (unpaired) electrons. The predicted octanol–water partition coefficient (Wildman–Crippen LogP) is -0.232. The molecule has 6 heteroatoms. The Morgan fingerprint density at radius 1 is 1.64 bits per heavy atom. The van der Waals surface area contributed by atoms with Crippen LogP contribution in [0.15, 0.2) is 0 Å². The van der Waals surface area contributed by atoms with Gasteiger partial charge in [-0.3, -0.25) is 4.79 Å². The molecule has 1 saturated heterocycles. The quantitative estimate of drug-likeness (QED) is 0.710. The highest BCUT2D eigenvalue weighted by Crippen LogP contribution is 2.23. The zero-order valence-corrected chi connectivity index (χ0v) is 8.79. The van der Waals surface area contributed by atoms with Crippen molar-refractivity contribution in [3.05, 3.63) is 0 Å². The van der Waals surface area contributed by atoms with Crippen LogP contribution in [0.25, 0.3) is 0 Å². The van der Waals surface area contributed by atoms with E-state index in [0.29, 0.717) is 19.6 Å². The fraction of sp³-hybridized carbons (Fsp3) is 0.875. The minimum Gasteiger partial charge on any atom is -0.481 e. The Labute approximate surface area is 83.0 Å². The van der Waals surface area contributed by atoms with Crippen molar-refractivity contribution in [3.63, 3.8) is 0 Å². The van der Waals surface area contributed by atoms with E-state index >= 15 is 0 Å². The number of hydrogen-bond acceptors (Lipinski definition) is 4. The minimum atomic E-state index is -3.24. The maximum Gasteiger partial charge on any atom is 0.307 e. The third-order valence-corrected chi connectivity index (χ3v) is 3.30. The molecule has 1 heterocycles. The van der Waals surface area contributed by atoms with E-state index in [2.05, 4.69) is 0 Å². The van der Waals surface area contributed by atoms with E-state index in [1.54, 1.807) is 0 Å². The average molecular weight is 222 g/mol. The molecule has 1 fully saturated rings. The number of ether oxygens (including phenoxy) is 1. The Bertz CT molecular complexity index is 302. The van der Waals surface area contributed by atoms with Gasteiger partial charge in [0.2, 0.25) is 0 Å². The lowest BCUT2D eigenvalue weighted by atomic mass is 9.93. The zero-order valence-electron chi connectivity index (χ0n) is 7.97. The summed E-state index contributed by atoms with van der Waals surface area (Å²) in [6.07, 6.45) is 1.69. The number of rotatable bonds is 4. The fourth-order valence-electron chi connectivity index (χ4n) is 1.61. The van der Waals surface area contributed by atoms with Gasteiger partial charge >= 0.3 is 5.97 Å². The molecule has 0 bridgehead atoms. The third kappa shape index (κ3) is 3.26. The monoisotopic (exact) mass is 222 g/mol. The summed E-state index contributed by atoms with van der Waals surface area (Å²) in [6, 6.07) is 0. The van der Waals surface area contributed by atoms with Gasteiger partial charge in [0.1, 0.15) is 9.84 Å². The Morgan fingerprint density at radius 3 is 2.64 bits per heavy atom. The highest BCUT2D eigenvalue weighted by atomic mass is 32.2. The summed E-state index contributed by atoms with van der Waals surface area (Å²) in [6.45, 7) is 0.880. The number of carbonyl (C=O) groups is 1. The second kappa shape index (κ2) is 4.27. The van der Waals surface area contributed by atoms with Crippen molar-refractivity contribution in [2.75, 3.05) is 25.2 Å². The Kier molecular flexibility index (Phi) is 3.49. The van der Waals surface area contributed by atoms with Crippen LogP contribution in [0.3, 0.4) is 0 Å². The first-order chi connectivity index (χ1) is 6.40. The zero-order chi connectivity index (χ0) is 10.8. The van der Waals surface area contributed by atoms with Crippen LogP contribution in [0.5, 0.6) is 0 Å². The van der Waals surface area contributed by atoms with Gasteiger partial charge in [0.05, 0.1) is 18.3 Å².